The van der Waals surface area contributed by atoms with Gasteiger partial charge in [-0.05, 0) is 83.5 Å². The Bertz CT molecular complexity index is 1570. The monoisotopic (exact) mass is 559 g/mol. The fourth-order valence-electron chi connectivity index (χ4n) is 3.67. The number of ether oxygens (including phenoxy) is 2. The number of nitrogens with zero attached hydrogens (tertiary/aromatic N) is 2. The van der Waals surface area contributed by atoms with Gasteiger partial charge in [-0.25, -0.2) is 14.2 Å². The van der Waals surface area contributed by atoms with Crippen molar-refractivity contribution in [2.24, 2.45) is 0 Å². The number of imidazole rings is 1. The molecule has 0 radical (unpaired) electrons. The average molecular weight is 560 g/mol. The molecule has 11 heteroatoms. The molecule has 0 atom stereocenters. The highest BCUT2D eigenvalue weighted by Crippen LogP contribution is 2.34. The predicted molar refractivity (Wildman–Crippen MR) is 131 cm³/mol. The van der Waals surface area contributed by atoms with Crippen LogP contribution in [0, 0.1) is 5.82 Å². The van der Waals surface area contributed by atoms with E-state index in [2.05, 4.69) is 25.9 Å². The van der Waals surface area contributed by atoms with Crippen molar-refractivity contribution in [3.63, 3.8) is 0 Å². The Morgan fingerprint density at radius 3 is 2.58 bits per heavy atom. The molecule has 184 valence electrons. The van der Waals surface area contributed by atoms with Crippen molar-refractivity contribution in [1.29, 1.82) is 0 Å². The number of hydrogen-bond donors (Lipinski definition) is 1. The quantitative estimate of drug-likeness (QED) is 0.164. The molecule has 0 amide bonds. The van der Waals surface area contributed by atoms with Crippen molar-refractivity contribution in [3.05, 3.63) is 76.7 Å². The molecular formula is C25H17BrF3N3O4. The van der Waals surface area contributed by atoms with E-state index in [1.165, 1.54) is 36.4 Å². The molecule has 7 nitrogen and oxygen atoms in total. The number of carbonyl (C=O) groups is 1. The largest absolute Gasteiger partial charge is 0.460 e. The highest BCUT2D eigenvalue weighted by Gasteiger charge is 2.23. The zero-order valence-electron chi connectivity index (χ0n) is 18.6. The molecule has 2 aromatic heterocycles. The maximum Gasteiger partial charge on any atom is 0.374 e. The van der Waals surface area contributed by atoms with Gasteiger partial charge in [0.05, 0.1) is 12.1 Å². The molecule has 0 unspecified atom stereocenters. The second-order valence-corrected chi connectivity index (χ2v) is 8.47. The van der Waals surface area contributed by atoms with Crippen molar-refractivity contribution in [1.82, 2.24) is 9.97 Å². The molecule has 0 aliphatic carbocycles. The maximum atomic E-state index is 14.0. The number of carbonyl (C=O) groups excluding carboxylic acids is 1. The summed E-state index contributed by atoms with van der Waals surface area (Å²) in [5, 5.41) is 0.642. The molecule has 5 aromatic rings. The summed E-state index contributed by atoms with van der Waals surface area (Å²) in [5.74, 6) is -0.279. The van der Waals surface area contributed by atoms with Crippen LogP contribution in [0.25, 0.3) is 22.0 Å². The van der Waals surface area contributed by atoms with Crippen molar-refractivity contribution in [3.8, 4) is 11.5 Å². The fraction of sp³-hybridized carbons (Fsp3) is 0.120. The summed E-state index contributed by atoms with van der Waals surface area (Å²) in [6, 6.07) is 14.9. The van der Waals surface area contributed by atoms with Crippen LogP contribution in [0.1, 0.15) is 17.5 Å². The molecule has 2 heterocycles. The number of esters is 1. The van der Waals surface area contributed by atoms with E-state index in [-0.39, 0.29) is 29.5 Å². The first-order valence-electron chi connectivity index (χ1n) is 10.7. The van der Waals surface area contributed by atoms with Crippen LogP contribution in [-0.2, 0) is 4.74 Å². The van der Waals surface area contributed by atoms with Gasteiger partial charge in [0.25, 0.3) is 0 Å². The Hall–Kier alpha value is -3.99. The lowest BCUT2D eigenvalue weighted by Crippen LogP contribution is -2.24. The molecule has 0 bridgehead atoms. The number of aromatic nitrogens is 2. The topological polar surface area (TPSA) is 80.6 Å². The number of fused-ring (bicyclic) bond motifs is 2. The Kier molecular flexibility index (Phi) is 6.31. The number of hydrogen-bond acceptors (Lipinski definition) is 6. The molecule has 0 aliphatic rings. The Labute approximate surface area is 210 Å². The second kappa shape index (κ2) is 9.57. The summed E-state index contributed by atoms with van der Waals surface area (Å²) in [4.78, 5) is 19.5. The van der Waals surface area contributed by atoms with Crippen LogP contribution >= 0.6 is 15.9 Å². The lowest BCUT2D eigenvalue weighted by Gasteiger charge is -2.21. The fourth-order valence-corrected chi connectivity index (χ4v) is 4.19. The van der Waals surface area contributed by atoms with Crippen molar-refractivity contribution in [2.75, 3.05) is 11.5 Å². The smallest absolute Gasteiger partial charge is 0.374 e. The molecule has 0 spiro atoms. The van der Waals surface area contributed by atoms with Crippen molar-refractivity contribution in [2.45, 2.75) is 13.5 Å². The van der Waals surface area contributed by atoms with Gasteiger partial charge in [0, 0.05) is 15.5 Å². The van der Waals surface area contributed by atoms with Gasteiger partial charge in [-0.3, -0.25) is 4.90 Å². The van der Waals surface area contributed by atoms with Gasteiger partial charge >= 0.3 is 12.5 Å². The van der Waals surface area contributed by atoms with Gasteiger partial charge in [0.15, 0.2) is 0 Å². The first-order chi connectivity index (χ1) is 17.3. The minimum absolute atomic E-state index is 0.0841. The highest BCUT2D eigenvalue weighted by atomic mass is 79.9. The third-order valence-corrected chi connectivity index (χ3v) is 5.84. The molecule has 0 saturated heterocycles. The minimum Gasteiger partial charge on any atom is -0.460 e. The van der Waals surface area contributed by atoms with Gasteiger partial charge in [0.2, 0.25) is 11.7 Å². The minimum atomic E-state index is -2.92. The average Bonchev–Trinajstić information content (AvgIpc) is 3.44. The van der Waals surface area contributed by atoms with Crippen LogP contribution < -0.4 is 9.64 Å². The summed E-state index contributed by atoms with van der Waals surface area (Å²) in [5.41, 5.74) is 1.25. The number of alkyl halides is 2. The van der Waals surface area contributed by atoms with Gasteiger partial charge in [-0.15, -0.1) is 0 Å². The number of furan rings is 1. The summed E-state index contributed by atoms with van der Waals surface area (Å²) in [7, 11) is 0. The van der Waals surface area contributed by atoms with Crippen LogP contribution in [0.5, 0.6) is 11.5 Å². The van der Waals surface area contributed by atoms with Gasteiger partial charge < -0.3 is 18.9 Å². The molecule has 0 saturated carbocycles. The van der Waals surface area contributed by atoms with E-state index in [4.69, 9.17) is 13.9 Å². The van der Waals surface area contributed by atoms with E-state index in [9.17, 15) is 18.0 Å². The summed E-state index contributed by atoms with van der Waals surface area (Å²) in [6.45, 7) is -0.983. The third kappa shape index (κ3) is 4.61. The van der Waals surface area contributed by atoms with Crippen LogP contribution in [0.2, 0.25) is 0 Å². The van der Waals surface area contributed by atoms with Crippen molar-refractivity contribution >= 4 is 55.5 Å². The first-order valence-corrected chi connectivity index (χ1v) is 11.5. The van der Waals surface area contributed by atoms with Crippen LogP contribution in [0.3, 0.4) is 0 Å². The number of benzene rings is 3. The first kappa shape index (κ1) is 23.7. The Morgan fingerprint density at radius 1 is 1.11 bits per heavy atom. The second-order valence-electron chi connectivity index (χ2n) is 7.62. The molecule has 0 fully saturated rings. The van der Waals surface area contributed by atoms with E-state index in [0.717, 1.165) is 0 Å². The number of H-pyrrole nitrogens is 1. The highest BCUT2D eigenvalue weighted by molar-refractivity contribution is 9.10. The van der Waals surface area contributed by atoms with E-state index < -0.39 is 18.3 Å². The molecule has 0 aliphatic heterocycles. The van der Waals surface area contributed by atoms with E-state index in [1.54, 1.807) is 31.2 Å². The number of anilines is 2. The molecule has 36 heavy (non-hydrogen) atoms. The summed E-state index contributed by atoms with van der Waals surface area (Å²) < 4.78 is 58.3. The lowest BCUT2D eigenvalue weighted by molar-refractivity contribution is 0.0492. The number of rotatable bonds is 7. The number of halogens is 4. The van der Waals surface area contributed by atoms with Crippen LogP contribution in [0.15, 0.2) is 69.6 Å². The van der Waals surface area contributed by atoms with E-state index in [0.29, 0.717) is 37.4 Å². The molecular weight excluding hydrogens is 543 g/mol. The lowest BCUT2D eigenvalue weighted by atomic mass is 10.2. The predicted octanol–water partition coefficient (Wildman–Crippen LogP) is 7.54. The molecule has 5 rings (SSSR count). The molecule has 3 aromatic carbocycles. The zero-order valence-corrected chi connectivity index (χ0v) is 20.2. The number of nitrogens with one attached hydrogen (secondary N) is 1. The van der Waals surface area contributed by atoms with Gasteiger partial charge in [-0.1, -0.05) is 0 Å². The standard InChI is InChI=1S/C25H17BrF3N3O4/c1-2-34-23(33)21-10-13-9-17(7-8-20(13)36-21)35-16-5-3-15(4-6-16)32(24(28)29)25-30-19-12-14(27)11-18(26)22(19)31-25/h3-12,24H,2H2,1H3,(H,30,31). The zero-order chi connectivity index (χ0) is 25.4. The Balaban J connectivity index is 1.38. The van der Waals surface area contributed by atoms with E-state index in [1.807, 2.05) is 0 Å². The van der Waals surface area contributed by atoms with Crippen LogP contribution in [0.4, 0.5) is 24.8 Å². The Morgan fingerprint density at radius 2 is 1.86 bits per heavy atom. The SMILES string of the molecule is CCOC(=O)c1cc2cc(Oc3ccc(N(c4nc5c(Br)cc(F)cc5[nH]4)C(F)F)cc3)ccc2o1. The number of aromatic amines is 1. The maximum absolute atomic E-state index is 14.0. The van der Waals surface area contributed by atoms with E-state index >= 15 is 0 Å². The summed E-state index contributed by atoms with van der Waals surface area (Å²) >= 11 is 3.20. The van der Waals surface area contributed by atoms with Crippen LogP contribution in [-0.4, -0.2) is 29.1 Å². The van der Waals surface area contributed by atoms with Gasteiger partial charge in [-0.2, -0.15) is 8.78 Å². The molecule has 1 N–H and O–H groups in total. The van der Waals surface area contributed by atoms with Crippen molar-refractivity contribution < 1.29 is 31.9 Å². The third-order valence-electron chi connectivity index (χ3n) is 5.23. The van der Waals surface area contributed by atoms with Gasteiger partial charge in [0.1, 0.15) is 28.4 Å². The summed E-state index contributed by atoms with van der Waals surface area (Å²) in [6.07, 6.45) is 0. The normalized spacial score (nSPS) is 11.4.